The van der Waals surface area contributed by atoms with Crippen molar-refractivity contribution in [2.24, 2.45) is 5.92 Å². The molecule has 0 aromatic rings. The maximum absolute atomic E-state index is 10.6. The van der Waals surface area contributed by atoms with E-state index in [2.05, 4.69) is 25.7 Å². The molecule has 1 aliphatic carbocycles. The number of unbranched alkanes of at least 4 members (excludes halogenated alkanes) is 1. The molecule has 2 rings (SSSR count). The van der Waals surface area contributed by atoms with Crippen LogP contribution in [0.3, 0.4) is 0 Å². The van der Waals surface area contributed by atoms with Crippen molar-refractivity contribution in [1.82, 2.24) is 4.90 Å². The van der Waals surface area contributed by atoms with Crippen LogP contribution in [0.4, 0.5) is 0 Å². The second kappa shape index (κ2) is 5.34. The minimum atomic E-state index is -0.422. The lowest BCUT2D eigenvalue weighted by molar-refractivity contribution is -0.0914. The Labute approximate surface area is 118 Å². The normalized spacial score (nSPS) is 33.0. The van der Waals surface area contributed by atoms with E-state index < -0.39 is 5.60 Å². The highest BCUT2D eigenvalue weighted by molar-refractivity contribution is 5.03. The zero-order chi connectivity index (χ0) is 14.3. The Bertz CT molecular complexity index is 310. The maximum atomic E-state index is 10.6. The molecule has 2 fully saturated rings. The fraction of sp³-hybridized carbons (Fsp3) is 1.00. The van der Waals surface area contributed by atoms with Gasteiger partial charge in [-0.3, -0.25) is 4.90 Å². The SMILES string of the molecule is CCCCN(CC1C(O)C(C)(C)OC1(C)C)C1CC1. The molecule has 0 aromatic carbocycles. The fourth-order valence-corrected chi connectivity index (χ4v) is 3.47. The lowest BCUT2D eigenvalue weighted by Gasteiger charge is -2.32. The maximum Gasteiger partial charge on any atom is 0.0896 e. The lowest BCUT2D eigenvalue weighted by Crippen LogP contribution is -2.44. The third-order valence-electron chi connectivity index (χ3n) is 4.81. The van der Waals surface area contributed by atoms with Gasteiger partial charge >= 0.3 is 0 Å². The molecule has 0 bridgehead atoms. The molecule has 0 radical (unpaired) electrons. The van der Waals surface area contributed by atoms with Crippen LogP contribution >= 0.6 is 0 Å². The van der Waals surface area contributed by atoms with Crippen LogP contribution in [0.2, 0.25) is 0 Å². The van der Waals surface area contributed by atoms with Crippen molar-refractivity contribution in [2.45, 2.75) is 83.6 Å². The van der Waals surface area contributed by atoms with E-state index in [1.54, 1.807) is 0 Å². The molecule has 0 spiro atoms. The Morgan fingerprint density at radius 3 is 2.21 bits per heavy atom. The molecule has 19 heavy (non-hydrogen) atoms. The predicted molar refractivity (Wildman–Crippen MR) is 78.2 cm³/mol. The molecule has 1 saturated carbocycles. The zero-order valence-corrected chi connectivity index (χ0v) is 13.3. The van der Waals surface area contributed by atoms with E-state index in [1.807, 2.05) is 13.8 Å². The molecule has 112 valence electrons. The van der Waals surface area contributed by atoms with Gasteiger partial charge in [0.1, 0.15) is 0 Å². The highest BCUT2D eigenvalue weighted by Gasteiger charge is 2.54. The Morgan fingerprint density at radius 1 is 1.16 bits per heavy atom. The zero-order valence-electron chi connectivity index (χ0n) is 13.3. The quantitative estimate of drug-likeness (QED) is 0.805. The number of hydrogen-bond donors (Lipinski definition) is 1. The van der Waals surface area contributed by atoms with Crippen LogP contribution in [0.1, 0.15) is 60.3 Å². The summed E-state index contributed by atoms with van der Waals surface area (Å²) in [5, 5.41) is 10.6. The number of rotatable bonds is 6. The number of aliphatic hydroxyl groups is 1. The topological polar surface area (TPSA) is 32.7 Å². The van der Waals surface area contributed by atoms with Crippen LogP contribution in [0, 0.1) is 5.92 Å². The molecular weight excluding hydrogens is 238 g/mol. The third kappa shape index (κ3) is 3.32. The van der Waals surface area contributed by atoms with E-state index >= 15 is 0 Å². The van der Waals surface area contributed by atoms with Crippen molar-refractivity contribution in [2.75, 3.05) is 13.1 Å². The van der Waals surface area contributed by atoms with E-state index in [0.717, 1.165) is 12.6 Å². The standard InChI is InChI=1S/C16H31NO2/c1-6-7-10-17(12-8-9-12)11-13-14(18)16(4,5)19-15(13,2)3/h12-14,18H,6-11H2,1-5H3. The number of hydrogen-bond acceptors (Lipinski definition) is 3. The molecule has 2 atom stereocenters. The average Bonchev–Trinajstić information content (AvgIpc) is 3.08. The Balaban J connectivity index is 2.03. The van der Waals surface area contributed by atoms with Crippen molar-refractivity contribution >= 4 is 0 Å². The molecule has 1 saturated heterocycles. The first-order chi connectivity index (χ1) is 8.78. The smallest absolute Gasteiger partial charge is 0.0896 e. The van der Waals surface area contributed by atoms with Crippen LogP contribution in [-0.4, -0.2) is 46.4 Å². The van der Waals surface area contributed by atoms with Gasteiger partial charge in [0.15, 0.2) is 0 Å². The van der Waals surface area contributed by atoms with Gasteiger partial charge in [0.2, 0.25) is 0 Å². The van der Waals surface area contributed by atoms with E-state index in [0.29, 0.717) is 0 Å². The first kappa shape index (κ1) is 15.3. The van der Waals surface area contributed by atoms with Crippen LogP contribution in [0.5, 0.6) is 0 Å². The van der Waals surface area contributed by atoms with E-state index in [4.69, 9.17) is 4.74 Å². The molecule has 0 aromatic heterocycles. The van der Waals surface area contributed by atoms with Gasteiger partial charge in [-0.1, -0.05) is 13.3 Å². The van der Waals surface area contributed by atoms with Gasteiger partial charge in [-0.2, -0.15) is 0 Å². The summed E-state index contributed by atoms with van der Waals surface area (Å²) < 4.78 is 6.09. The van der Waals surface area contributed by atoms with Crippen molar-refractivity contribution < 1.29 is 9.84 Å². The summed E-state index contributed by atoms with van der Waals surface area (Å²) in [7, 11) is 0. The third-order valence-corrected chi connectivity index (χ3v) is 4.81. The lowest BCUT2D eigenvalue weighted by atomic mass is 9.84. The summed E-state index contributed by atoms with van der Waals surface area (Å²) in [6, 6.07) is 0.762. The number of nitrogens with zero attached hydrogens (tertiary/aromatic N) is 1. The Morgan fingerprint density at radius 2 is 1.79 bits per heavy atom. The molecule has 3 nitrogen and oxygen atoms in total. The van der Waals surface area contributed by atoms with Crippen molar-refractivity contribution in [3.05, 3.63) is 0 Å². The summed E-state index contributed by atoms with van der Waals surface area (Å²) in [5.41, 5.74) is -0.656. The molecule has 2 aliphatic rings. The molecular formula is C16H31NO2. The summed E-state index contributed by atoms with van der Waals surface area (Å²) in [4.78, 5) is 2.59. The van der Waals surface area contributed by atoms with E-state index in [1.165, 1.54) is 32.2 Å². The van der Waals surface area contributed by atoms with Crippen LogP contribution < -0.4 is 0 Å². The second-order valence-electron chi connectivity index (χ2n) is 7.44. The Kier molecular flexibility index (Phi) is 4.29. The van der Waals surface area contributed by atoms with Gasteiger partial charge in [-0.25, -0.2) is 0 Å². The van der Waals surface area contributed by atoms with Gasteiger partial charge < -0.3 is 9.84 Å². The van der Waals surface area contributed by atoms with Gasteiger partial charge in [-0.15, -0.1) is 0 Å². The Hall–Kier alpha value is -0.120. The largest absolute Gasteiger partial charge is 0.390 e. The predicted octanol–water partition coefficient (Wildman–Crippen LogP) is 2.82. The van der Waals surface area contributed by atoms with Gasteiger partial charge in [-0.05, 0) is 53.5 Å². The molecule has 1 aliphatic heterocycles. The van der Waals surface area contributed by atoms with Crippen LogP contribution in [0.25, 0.3) is 0 Å². The first-order valence-electron chi connectivity index (χ1n) is 7.90. The highest BCUT2D eigenvalue weighted by Crippen LogP contribution is 2.43. The van der Waals surface area contributed by atoms with E-state index in [-0.39, 0.29) is 17.6 Å². The van der Waals surface area contributed by atoms with Gasteiger partial charge in [0, 0.05) is 18.5 Å². The molecule has 1 heterocycles. The number of aliphatic hydroxyl groups excluding tert-OH is 1. The van der Waals surface area contributed by atoms with Crippen molar-refractivity contribution in [3.63, 3.8) is 0 Å². The summed E-state index contributed by atoms with van der Waals surface area (Å²) in [6.45, 7) is 12.6. The van der Waals surface area contributed by atoms with Crippen molar-refractivity contribution in [3.8, 4) is 0 Å². The van der Waals surface area contributed by atoms with Gasteiger partial charge in [0.05, 0.1) is 17.3 Å². The monoisotopic (exact) mass is 269 g/mol. The average molecular weight is 269 g/mol. The van der Waals surface area contributed by atoms with Crippen molar-refractivity contribution in [1.29, 1.82) is 0 Å². The molecule has 1 N–H and O–H groups in total. The molecule has 0 amide bonds. The van der Waals surface area contributed by atoms with Crippen LogP contribution in [0.15, 0.2) is 0 Å². The second-order valence-corrected chi connectivity index (χ2v) is 7.44. The number of ether oxygens (including phenoxy) is 1. The minimum Gasteiger partial charge on any atom is -0.390 e. The van der Waals surface area contributed by atoms with Crippen LogP contribution in [-0.2, 0) is 4.74 Å². The first-order valence-corrected chi connectivity index (χ1v) is 7.90. The fourth-order valence-electron chi connectivity index (χ4n) is 3.47. The van der Waals surface area contributed by atoms with Gasteiger partial charge in [0.25, 0.3) is 0 Å². The minimum absolute atomic E-state index is 0.208. The van der Waals surface area contributed by atoms with E-state index in [9.17, 15) is 5.11 Å². The molecule has 2 unspecified atom stereocenters. The highest BCUT2D eigenvalue weighted by atomic mass is 16.5. The summed E-state index contributed by atoms with van der Waals surface area (Å²) in [6.07, 6.45) is 4.78. The summed E-state index contributed by atoms with van der Waals surface area (Å²) in [5.74, 6) is 0.208. The summed E-state index contributed by atoms with van der Waals surface area (Å²) >= 11 is 0. The molecule has 3 heteroatoms.